The largest absolute Gasteiger partial charge is 0.494 e. The average Bonchev–Trinajstić information content (AvgIpc) is 2.55. The molecule has 1 heterocycles. The van der Waals surface area contributed by atoms with Crippen LogP contribution >= 0.6 is 0 Å². The van der Waals surface area contributed by atoms with Crippen LogP contribution in [0.3, 0.4) is 0 Å². The van der Waals surface area contributed by atoms with E-state index in [2.05, 4.69) is 5.32 Å². The van der Waals surface area contributed by atoms with Crippen LogP contribution in [-0.4, -0.2) is 60.6 Å². The maximum atomic E-state index is 12.6. The molecule has 1 aliphatic heterocycles. The van der Waals surface area contributed by atoms with Gasteiger partial charge in [0.15, 0.2) is 0 Å². The molecule has 0 radical (unpaired) electrons. The Hall–Kier alpha value is -2.24. The Balaban J connectivity index is 1.95. The molecular formula is C18H27N3O3. The maximum Gasteiger partial charge on any atom is 0.317 e. The van der Waals surface area contributed by atoms with E-state index in [1.807, 2.05) is 39.8 Å². The van der Waals surface area contributed by atoms with E-state index in [9.17, 15) is 9.59 Å². The molecule has 0 spiro atoms. The normalized spacial score (nSPS) is 14.7. The van der Waals surface area contributed by atoms with Gasteiger partial charge in [-0.3, -0.25) is 4.79 Å². The molecule has 1 aromatic rings. The lowest BCUT2D eigenvalue weighted by atomic mass is 10.1. The van der Waals surface area contributed by atoms with Crippen molar-refractivity contribution >= 4 is 11.9 Å². The SMILES string of the molecule is CCOc1ccc(C(=O)N2CCN(C(=O)NC(C)C)CC2)cc1C. The first kappa shape index (κ1) is 18.1. The third-order valence-electron chi connectivity index (χ3n) is 3.99. The molecule has 24 heavy (non-hydrogen) atoms. The Labute approximate surface area is 143 Å². The van der Waals surface area contributed by atoms with Gasteiger partial charge in [0, 0.05) is 37.8 Å². The second kappa shape index (κ2) is 8.04. The van der Waals surface area contributed by atoms with Gasteiger partial charge in [0.2, 0.25) is 0 Å². The summed E-state index contributed by atoms with van der Waals surface area (Å²) in [6.07, 6.45) is 0. The fourth-order valence-corrected chi connectivity index (χ4v) is 2.73. The van der Waals surface area contributed by atoms with Crippen molar-refractivity contribution in [2.24, 2.45) is 0 Å². The summed E-state index contributed by atoms with van der Waals surface area (Å²) in [7, 11) is 0. The number of carbonyl (C=O) groups is 2. The van der Waals surface area contributed by atoms with Crippen molar-refractivity contribution in [3.63, 3.8) is 0 Å². The number of ether oxygens (including phenoxy) is 1. The zero-order valence-electron chi connectivity index (χ0n) is 15.0. The number of hydrogen-bond acceptors (Lipinski definition) is 3. The van der Waals surface area contributed by atoms with Crippen molar-refractivity contribution in [2.75, 3.05) is 32.8 Å². The summed E-state index contributed by atoms with van der Waals surface area (Å²) < 4.78 is 5.51. The summed E-state index contributed by atoms with van der Waals surface area (Å²) in [6, 6.07) is 5.57. The summed E-state index contributed by atoms with van der Waals surface area (Å²) in [5.74, 6) is 0.814. The van der Waals surface area contributed by atoms with Gasteiger partial charge < -0.3 is 19.9 Å². The Bertz CT molecular complexity index is 593. The maximum absolute atomic E-state index is 12.6. The summed E-state index contributed by atoms with van der Waals surface area (Å²) in [5, 5.41) is 2.88. The van der Waals surface area contributed by atoms with E-state index < -0.39 is 0 Å². The standard InChI is InChI=1S/C18H27N3O3/c1-5-24-16-7-6-15(12-14(16)4)17(22)20-8-10-21(11-9-20)18(23)19-13(2)3/h6-7,12-13H,5,8-11H2,1-4H3,(H,19,23). The molecule has 1 aliphatic rings. The Morgan fingerprint density at radius 2 is 1.79 bits per heavy atom. The zero-order valence-corrected chi connectivity index (χ0v) is 15.0. The minimum Gasteiger partial charge on any atom is -0.494 e. The molecule has 6 heteroatoms. The second-order valence-corrected chi connectivity index (χ2v) is 6.30. The number of piperazine rings is 1. The highest BCUT2D eigenvalue weighted by molar-refractivity contribution is 5.94. The number of rotatable bonds is 4. The monoisotopic (exact) mass is 333 g/mol. The van der Waals surface area contributed by atoms with Gasteiger partial charge in [0.1, 0.15) is 5.75 Å². The van der Waals surface area contributed by atoms with Crippen LogP contribution < -0.4 is 10.1 Å². The minimum atomic E-state index is -0.0611. The lowest BCUT2D eigenvalue weighted by Gasteiger charge is -2.35. The predicted octanol–water partition coefficient (Wildman–Crippen LogP) is 2.27. The third-order valence-corrected chi connectivity index (χ3v) is 3.99. The van der Waals surface area contributed by atoms with E-state index in [0.717, 1.165) is 11.3 Å². The van der Waals surface area contributed by atoms with Crippen LogP contribution in [0.1, 0.15) is 36.7 Å². The first-order valence-electron chi connectivity index (χ1n) is 8.50. The van der Waals surface area contributed by atoms with Crippen LogP contribution in [0.4, 0.5) is 4.79 Å². The molecule has 132 valence electrons. The Morgan fingerprint density at radius 1 is 1.17 bits per heavy atom. The predicted molar refractivity (Wildman–Crippen MR) is 93.5 cm³/mol. The van der Waals surface area contributed by atoms with Crippen molar-refractivity contribution in [2.45, 2.75) is 33.7 Å². The van der Waals surface area contributed by atoms with E-state index in [0.29, 0.717) is 38.3 Å². The summed E-state index contributed by atoms with van der Waals surface area (Å²) in [4.78, 5) is 28.2. The van der Waals surface area contributed by atoms with E-state index in [-0.39, 0.29) is 18.0 Å². The quantitative estimate of drug-likeness (QED) is 0.919. The number of nitrogens with zero attached hydrogens (tertiary/aromatic N) is 2. The molecule has 1 fully saturated rings. The van der Waals surface area contributed by atoms with Crippen LogP contribution in [0.25, 0.3) is 0 Å². The number of urea groups is 1. The van der Waals surface area contributed by atoms with Gasteiger partial charge in [-0.25, -0.2) is 4.79 Å². The molecule has 0 bridgehead atoms. The lowest BCUT2D eigenvalue weighted by Crippen LogP contribution is -2.54. The highest BCUT2D eigenvalue weighted by atomic mass is 16.5. The molecule has 0 aromatic heterocycles. The van der Waals surface area contributed by atoms with E-state index >= 15 is 0 Å². The lowest BCUT2D eigenvalue weighted by molar-refractivity contribution is 0.0664. The molecule has 6 nitrogen and oxygen atoms in total. The van der Waals surface area contributed by atoms with Crippen LogP contribution in [0.15, 0.2) is 18.2 Å². The molecule has 0 atom stereocenters. The van der Waals surface area contributed by atoms with Crippen molar-refractivity contribution in [3.05, 3.63) is 29.3 Å². The molecule has 0 saturated carbocycles. The number of benzene rings is 1. The third kappa shape index (κ3) is 4.40. The number of aryl methyl sites for hydroxylation is 1. The first-order valence-corrected chi connectivity index (χ1v) is 8.50. The second-order valence-electron chi connectivity index (χ2n) is 6.30. The number of nitrogens with one attached hydrogen (secondary N) is 1. The van der Waals surface area contributed by atoms with Gasteiger partial charge in [-0.15, -0.1) is 0 Å². The van der Waals surface area contributed by atoms with E-state index in [1.54, 1.807) is 15.9 Å². The fraction of sp³-hybridized carbons (Fsp3) is 0.556. The van der Waals surface area contributed by atoms with Gasteiger partial charge in [0.25, 0.3) is 5.91 Å². The first-order chi connectivity index (χ1) is 11.4. The smallest absolute Gasteiger partial charge is 0.317 e. The van der Waals surface area contributed by atoms with Crippen LogP contribution in [0, 0.1) is 6.92 Å². The fourth-order valence-electron chi connectivity index (χ4n) is 2.73. The number of amides is 3. The topological polar surface area (TPSA) is 61.9 Å². The summed E-state index contributed by atoms with van der Waals surface area (Å²) in [6.45, 7) is 10.6. The highest BCUT2D eigenvalue weighted by Crippen LogP contribution is 2.20. The molecule has 2 rings (SSSR count). The molecule has 3 amide bonds. The Kier molecular flexibility index (Phi) is 6.06. The van der Waals surface area contributed by atoms with Gasteiger partial charge in [-0.1, -0.05) is 0 Å². The van der Waals surface area contributed by atoms with Gasteiger partial charge in [0.05, 0.1) is 6.61 Å². The Morgan fingerprint density at radius 3 is 2.33 bits per heavy atom. The zero-order chi connectivity index (χ0) is 17.7. The van der Waals surface area contributed by atoms with Gasteiger partial charge in [-0.2, -0.15) is 0 Å². The molecule has 1 aromatic carbocycles. The van der Waals surface area contributed by atoms with Gasteiger partial charge in [-0.05, 0) is 51.5 Å². The van der Waals surface area contributed by atoms with Crippen LogP contribution in [-0.2, 0) is 0 Å². The van der Waals surface area contributed by atoms with E-state index in [1.165, 1.54) is 0 Å². The van der Waals surface area contributed by atoms with Crippen molar-refractivity contribution < 1.29 is 14.3 Å². The minimum absolute atomic E-state index is 0.00469. The van der Waals surface area contributed by atoms with Gasteiger partial charge >= 0.3 is 6.03 Å². The summed E-state index contributed by atoms with van der Waals surface area (Å²) in [5.41, 5.74) is 1.62. The molecular weight excluding hydrogens is 306 g/mol. The van der Waals surface area contributed by atoms with Crippen LogP contribution in [0.2, 0.25) is 0 Å². The average molecular weight is 333 g/mol. The van der Waals surface area contributed by atoms with Crippen molar-refractivity contribution in [3.8, 4) is 5.75 Å². The highest BCUT2D eigenvalue weighted by Gasteiger charge is 2.25. The van der Waals surface area contributed by atoms with Crippen LogP contribution in [0.5, 0.6) is 5.75 Å². The molecule has 1 saturated heterocycles. The summed E-state index contributed by atoms with van der Waals surface area (Å²) >= 11 is 0. The van der Waals surface area contributed by atoms with Crippen molar-refractivity contribution in [1.29, 1.82) is 0 Å². The molecule has 0 unspecified atom stereocenters. The molecule has 0 aliphatic carbocycles. The number of hydrogen-bond donors (Lipinski definition) is 1. The molecule has 1 N–H and O–H groups in total. The van der Waals surface area contributed by atoms with E-state index in [4.69, 9.17) is 4.74 Å². The number of carbonyl (C=O) groups excluding carboxylic acids is 2. The van der Waals surface area contributed by atoms with Crippen molar-refractivity contribution in [1.82, 2.24) is 15.1 Å².